The molecule has 2 aromatic carbocycles. The summed E-state index contributed by atoms with van der Waals surface area (Å²) in [5.41, 5.74) is 1.81. The number of carbonyl (C=O) groups is 1. The summed E-state index contributed by atoms with van der Waals surface area (Å²) in [7, 11) is -3.93. The highest BCUT2D eigenvalue weighted by Crippen LogP contribution is 2.28. The summed E-state index contributed by atoms with van der Waals surface area (Å²) in [5.74, 6) is -2.49. The zero-order valence-electron chi connectivity index (χ0n) is 16.4. The molecular formula is C21H24F2N2O3S. The van der Waals surface area contributed by atoms with Crippen molar-refractivity contribution < 1.29 is 22.0 Å². The molecule has 0 saturated carbocycles. The average molecular weight is 422 g/mol. The molecule has 5 nitrogen and oxygen atoms in total. The molecule has 0 bridgehead atoms. The lowest BCUT2D eigenvalue weighted by Crippen LogP contribution is -2.41. The topological polar surface area (TPSA) is 66.5 Å². The monoisotopic (exact) mass is 422 g/mol. The molecule has 2 aromatic rings. The quantitative estimate of drug-likeness (QED) is 0.788. The van der Waals surface area contributed by atoms with E-state index in [1.165, 1.54) is 4.31 Å². The minimum Gasteiger partial charge on any atom is -0.326 e. The Hall–Kier alpha value is -2.32. The molecule has 156 valence electrons. The molecule has 0 unspecified atom stereocenters. The molecule has 0 aliphatic carbocycles. The highest BCUT2D eigenvalue weighted by Gasteiger charge is 2.32. The minimum atomic E-state index is -3.93. The van der Waals surface area contributed by atoms with Gasteiger partial charge in [0.25, 0.3) is 0 Å². The van der Waals surface area contributed by atoms with E-state index in [9.17, 15) is 22.0 Å². The lowest BCUT2D eigenvalue weighted by Gasteiger charge is -2.30. The highest BCUT2D eigenvalue weighted by atomic mass is 32.2. The van der Waals surface area contributed by atoms with Gasteiger partial charge < -0.3 is 5.32 Å². The van der Waals surface area contributed by atoms with E-state index in [0.29, 0.717) is 18.9 Å². The molecule has 0 atom stereocenters. The van der Waals surface area contributed by atoms with Crippen molar-refractivity contribution >= 4 is 21.6 Å². The molecule has 1 aliphatic rings. The van der Waals surface area contributed by atoms with E-state index in [2.05, 4.69) is 5.32 Å². The Morgan fingerprint density at radius 2 is 1.72 bits per heavy atom. The molecule has 0 radical (unpaired) electrons. The molecular weight excluding hydrogens is 398 g/mol. The first kappa shape index (κ1) is 21.4. The van der Waals surface area contributed by atoms with Crippen LogP contribution in [0.4, 0.5) is 14.5 Å². The van der Waals surface area contributed by atoms with E-state index in [1.807, 2.05) is 38.1 Å². The molecule has 1 amide bonds. The Labute approximate surface area is 169 Å². The van der Waals surface area contributed by atoms with E-state index in [4.69, 9.17) is 0 Å². The second-order valence-corrected chi connectivity index (χ2v) is 9.42. The molecule has 1 saturated heterocycles. The van der Waals surface area contributed by atoms with E-state index < -0.39 is 21.7 Å². The van der Waals surface area contributed by atoms with Gasteiger partial charge in [0.05, 0.1) is 4.90 Å². The number of halogens is 2. The Morgan fingerprint density at radius 3 is 2.34 bits per heavy atom. The number of piperidine rings is 1. The van der Waals surface area contributed by atoms with Gasteiger partial charge in [-0.1, -0.05) is 32.0 Å². The zero-order chi connectivity index (χ0) is 21.2. The Balaban J connectivity index is 1.66. The van der Waals surface area contributed by atoms with E-state index in [0.717, 1.165) is 23.4 Å². The number of benzene rings is 2. The molecule has 1 heterocycles. The Kier molecular flexibility index (Phi) is 6.33. The number of nitrogens with zero attached hydrogens (tertiary/aromatic N) is 1. The maximum atomic E-state index is 13.4. The first-order valence-electron chi connectivity index (χ1n) is 9.55. The van der Waals surface area contributed by atoms with Crippen molar-refractivity contribution in [1.29, 1.82) is 0 Å². The van der Waals surface area contributed by atoms with Crippen molar-refractivity contribution in [3.8, 4) is 0 Å². The predicted octanol–water partition coefficient (Wildman–Crippen LogP) is 4.13. The average Bonchev–Trinajstić information content (AvgIpc) is 2.70. The normalized spacial score (nSPS) is 16.2. The number of rotatable bonds is 5. The van der Waals surface area contributed by atoms with E-state index in [1.54, 1.807) is 0 Å². The van der Waals surface area contributed by atoms with Crippen LogP contribution in [0.2, 0.25) is 0 Å². The third kappa shape index (κ3) is 4.64. The largest absolute Gasteiger partial charge is 0.326 e. The smallest absolute Gasteiger partial charge is 0.243 e. The number of anilines is 1. The Bertz CT molecular complexity index is 1000. The van der Waals surface area contributed by atoms with Crippen LogP contribution < -0.4 is 5.32 Å². The number of para-hydroxylation sites is 1. The summed E-state index contributed by atoms with van der Waals surface area (Å²) >= 11 is 0. The van der Waals surface area contributed by atoms with Gasteiger partial charge in [0, 0.05) is 24.7 Å². The fraction of sp³-hybridized carbons (Fsp3) is 0.381. The van der Waals surface area contributed by atoms with Crippen LogP contribution in [0, 0.1) is 17.6 Å². The minimum absolute atomic E-state index is 0.136. The number of sulfonamides is 1. The van der Waals surface area contributed by atoms with Crippen molar-refractivity contribution in [2.75, 3.05) is 18.4 Å². The Morgan fingerprint density at radius 1 is 1.07 bits per heavy atom. The van der Waals surface area contributed by atoms with Crippen LogP contribution in [-0.4, -0.2) is 31.7 Å². The second kappa shape index (κ2) is 8.59. The molecule has 0 spiro atoms. The second-order valence-electron chi connectivity index (χ2n) is 7.49. The van der Waals surface area contributed by atoms with Crippen LogP contribution >= 0.6 is 0 Å². The standard InChI is InChI=1S/C21H24F2N2O3S/c1-14(2)17-5-3-4-6-20(17)24-21(26)15-9-11-25(12-10-15)29(27,28)16-7-8-18(22)19(23)13-16/h3-8,13-15H,9-12H2,1-2H3,(H,24,26). The lowest BCUT2D eigenvalue weighted by atomic mass is 9.96. The highest BCUT2D eigenvalue weighted by molar-refractivity contribution is 7.89. The van der Waals surface area contributed by atoms with Crippen LogP contribution in [0.15, 0.2) is 47.4 Å². The van der Waals surface area contributed by atoms with Gasteiger partial charge in [-0.15, -0.1) is 0 Å². The number of nitrogens with one attached hydrogen (secondary N) is 1. The number of hydrogen-bond donors (Lipinski definition) is 1. The van der Waals surface area contributed by atoms with Crippen LogP contribution in [0.1, 0.15) is 38.2 Å². The summed E-state index contributed by atoms with van der Waals surface area (Å²) in [4.78, 5) is 12.4. The predicted molar refractivity (Wildman–Crippen MR) is 107 cm³/mol. The van der Waals surface area contributed by atoms with Gasteiger partial charge in [0.2, 0.25) is 15.9 Å². The molecule has 29 heavy (non-hydrogen) atoms. The van der Waals surface area contributed by atoms with Crippen molar-refractivity contribution in [1.82, 2.24) is 4.31 Å². The molecule has 1 aliphatic heterocycles. The summed E-state index contributed by atoms with van der Waals surface area (Å²) in [6.45, 7) is 4.38. The summed E-state index contributed by atoms with van der Waals surface area (Å²) < 4.78 is 53.1. The number of amides is 1. The zero-order valence-corrected chi connectivity index (χ0v) is 17.2. The van der Waals surface area contributed by atoms with Gasteiger partial charge in [0.1, 0.15) is 0 Å². The maximum absolute atomic E-state index is 13.4. The third-order valence-corrected chi connectivity index (χ3v) is 7.09. The molecule has 0 aromatic heterocycles. The fourth-order valence-corrected chi connectivity index (χ4v) is 4.98. The van der Waals surface area contributed by atoms with Crippen LogP contribution in [0.3, 0.4) is 0 Å². The summed E-state index contributed by atoms with van der Waals surface area (Å²) in [6, 6.07) is 10.1. The van der Waals surface area contributed by atoms with Crippen LogP contribution in [0.5, 0.6) is 0 Å². The molecule has 1 fully saturated rings. The van der Waals surface area contributed by atoms with Crippen molar-refractivity contribution in [2.24, 2.45) is 5.92 Å². The molecule has 1 N–H and O–H groups in total. The van der Waals surface area contributed by atoms with Gasteiger partial charge in [-0.25, -0.2) is 17.2 Å². The van der Waals surface area contributed by atoms with Crippen molar-refractivity contribution in [3.05, 3.63) is 59.7 Å². The van der Waals surface area contributed by atoms with Gasteiger partial charge >= 0.3 is 0 Å². The van der Waals surface area contributed by atoms with Gasteiger partial charge in [0.15, 0.2) is 11.6 Å². The molecule has 8 heteroatoms. The lowest BCUT2D eigenvalue weighted by molar-refractivity contribution is -0.120. The first-order chi connectivity index (χ1) is 13.7. The van der Waals surface area contributed by atoms with E-state index in [-0.39, 0.29) is 35.7 Å². The SMILES string of the molecule is CC(C)c1ccccc1NC(=O)C1CCN(S(=O)(=O)c2ccc(F)c(F)c2)CC1. The van der Waals surface area contributed by atoms with Crippen LogP contribution in [0.25, 0.3) is 0 Å². The van der Waals surface area contributed by atoms with Gasteiger partial charge in [-0.05, 0) is 48.6 Å². The van der Waals surface area contributed by atoms with E-state index >= 15 is 0 Å². The van der Waals surface area contributed by atoms with Crippen molar-refractivity contribution in [2.45, 2.75) is 37.5 Å². The van der Waals surface area contributed by atoms with Crippen molar-refractivity contribution in [3.63, 3.8) is 0 Å². The van der Waals surface area contributed by atoms with Crippen LogP contribution in [-0.2, 0) is 14.8 Å². The maximum Gasteiger partial charge on any atom is 0.243 e. The van der Waals surface area contributed by atoms with Gasteiger partial charge in [-0.3, -0.25) is 4.79 Å². The van der Waals surface area contributed by atoms with Gasteiger partial charge in [-0.2, -0.15) is 4.31 Å². The first-order valence-corrected chi connectivity index (χ1v) is 11.0. The summed E-state index contributed by atoms with van der Waals surface area (Å²) in [6.07, 6.45) is 0.719. The number of carbonyl (C=O) groups excluding carboxylic acids is 1. The summed E-state index contributed by atoms with van der Waals surface area (Å²) in [5, 5.41) is 2.96. The fourth-order valence-electron chi connectivity index (χ4n) is 3.49. The third-order valence-electron chi connectivity index (χ3n) is 5.19. The number of hydrogen-bond acceptors (Lipinski definition) is 3. The molecule has 3 rings (SSSR count).